The fourth-order valence-corrected chi connectivity index (χ4v) is 2.04. The van der Waals surface area contributed by atoms with Crippen LogP contribution in [0.15, 0.2) is 52.5 Å². The molecule has 0 N–H and O–H groups in total. The zero-order chi connectivity index (χ0) is 13.7. The second kappa shape index (κ2) is 6.33. The van der Waals surface area contributed by atoms with Crippen molar-refractivity contribution >= 4 is 18.7 Å². The monoisotopic (exact) mass is 254 g/mol. The van der Waals surface area contributed by atoms with Gasteiger partial charge in [-0.15, -0.1) is 19.1 Å². The molecule has 0 heterocycles. The molecule has 0 radical (unpaired) electrons. The van der Waals surface area contributed by atoms with Crippen LogP contribution >= 0.6 is 12.6 Å². The molecular weight excluding hydrogens is 236 g/mol. The number of allylic oxidation sites excluding steroid dienone is 4. The van der Waals surface area contributed by atoms with Crippen LogP contribution in [0, 0.1) is 19.3 Å². The molecule has 0 nitrogen and oxygen atoms in total. The first-order chi connectivity index (χ1) is 8.51. The number of thiol groups is 1. The number of rotatable bonds is 3. The molecule has 1 aromatic rings. The van der Waals surface area contributed by atoms with E-state index in [4.69, 9.17) is 6.42 Å². The summed E-state index contributed by atoms with van der Waals surface area (Å²) in [5, 5.41) is 0. The highest BCUT2D eigenvalue weighted by atomic mass is 32.1. The van der Waals surface area contributed by atoms with Crippen LogP contribution in [0.25, 0.3) is 6.08 Å². The average Bonchev–Trinajstić information content (AvgIpc) is 2.35. The molecule has 1 aromatic carbocycles. The Morgan fingerprint density at radius 3 is 2.61 bits per heavy atom. The molecular formula is C17H18S. The van der Waals surface area contributed by atoms with Crippen molar-refractivity contribution in [3.63, 3.8) is 0 Å². The lowest BCUT2D eigenvalue weighted by molar-refractivity contribution is 1.32. The van der Waals surface area contributed by atoms with Gasteiger partial charge in [0, 0.05) is 10.5 Å². The first kappa shape index (κ1) is 14.4. The number of hydrogen-bond donors (Lipinski definition) is 1. The van der Waals surface area contributed by atoms with E-state index in [-0.39, 0.29) is 0 Å². The zero-order valence-corrected chi connectivity index (χ0v) is 12.0. The largest absolute Gasteiger partial charge is 0.143 e. The molecule has 0 atom stereocenters. The van der Waals surface area contributed by atoms with Crippen molar-refractivity contribution in [3.05, 3.63) is 58.7 Å². The lowest BCUT2D eigenvalue weighted by atomic mass is 9.97. The molecule has 0 spiro atoms. The Bertz CT molecular complexity index is 546. The summed E-state index contributed by atoms with van der Waals surface area (Å²) in [6.07, 6.45) is 9.44. The maximum absolute atomic E-state index is 5.45. The van der Waals surface area contributed by atoms with Crippen LogP contribution in [-0.2, 0) is 0 Å². The summed E-state index contributed by atoms with van der Waals surface area (Å²) in [5.74, 6) is 2.65. The van der Waals surface area contributed by atoms with E-state index in [1.165, 1.54) is 5.56 Å². The van der Waals surface area contributed by atoms with Gasteiger partial charge in [0.1, 0.15) is 0 Å². The number of benzene rings is 1. The topological polar surface area (TPSA) is 0 Å². The summed E-state index contributed by atoms with van der Waals surface area (Å²) in [5.41, 5.74) is 5.09. The van der Waals surface area contributed by atoms with Crippen molar-refractivity contribution in [2.24, 2.45) is 0 Å². The minimum atomic E-state index is 0.832. The van der Waals surface area contributed by atoms with Gasteiger partial charge in [-0.1, -0.05) is 36.8 Å². The fraction of sp³-hybridized carbons (Fsp3) is 0.176. The van der Waals surface area contributed by atoms with Crippen molar-refractivity contribution in [1.29, 1.82) is 0 Å². The van der Waals surface area contributed by atoms with Gasteiger partial charge in [0.05, 0.1) is 0 Å². The molecule has 0 aromatic heterocycles. The van der Waals surface area contributed by atoms with Crippen LogP contribution in [0.4, 0.5) is 0 Å². The summed E-state index contributed by atoms with van der Waals surface area (Å²) >= 11 is 4.48. The molecule has 1 heteroatoms. The van der Waals surface area contributed by atoms with Crippen LogP contribution in [0.1, 0.15) is 25.0 Å². The van der Waals surface area contributed by atoms with Gasteiger partial charge >= 0.3 is 0 Å². The molecule has 0 bridgehead atoms. The molecule has 0 aliphatic rings. The third kappa shape index (κ3) is 3.18. The lowest BCUT2D eigenvalue weighted by Gasteiger charge is -2.09. The van der Waals surface area contributed by atoms with Gasteiger partial charge in [0.25, 0.3) is 0 Å². The highest BCUT2D eigenvalue weighted by molar-refractivity contribution is 7.80. The quantitative estimate of drug-likeness (QED) is 0.446. The molecule has 18 heavy (non-hydrogen) atoms. The molecule has 0 fully saturated rings. The van der Waals surface area contributed by atoms with Crippen molar-refractivity contribution in [1.82, 2.24) is 0 Å². The predicted octanol–water partition coefficient (Wildman–Crippen LogP) is 4.82. The van der Waals surface area contributed by atoms with E-state index in [0.717, 1.165) is 27.2 Å². The standard InChI is InChI=1S/C17H18S/c1-6-15(7-2)14(5)13(4)11-16-12(3)9-8-10-17(16)18/h1,7-11,18H,5H2,2-4H3/b13-11+,15-7+. The minimum absolute atomic E-state index is 0.832. The Labute approximate surface area is 116 Å². The normalized spacial score (nSPS) is 12.2. The van der Waals surface area contributed by atoms with E-state index in [1.54, 1.807) is 0 Å². The van der Waals surface area contributed by atoms with E-state index >= 15 is 0 Å². The third-order valence-electron chi connectivity index (χ3n) is 2.91. The highest BCUT2D eigenvalue weighted by Crippen LogP contribution is 2.24. The lowest BCUT2D eigenvalue weighted by Crippen LogP contribution is -1.90. The van der Waals surface area contributed by atoms with E-state index in [1.807, 2.05) is 32.1 Å². The SMILES string of the molecule is C#C/C(=C\C)C(=C)/C(C)=C/c1c(C)cccc1S. The van der Waals surface area contributed by atoms with Crippen molar-refractivity contribution in [3.8, 4) is 12.3 Å². The van der Waals surface area contributed by atoms with Crippen LogP contribution in [0.2, 0.25) is 0 Å². The first-order valence-corrected chi connectivity index (χ1v) is 6.25. The van der Waals surface area contributed by atoms with Gasteiger partial charge in [0.15, 0.2) is 0 Å². The van der Waals surface area contributed by atoms with Gasteiger partial charge in [-0.2, -0.15) is 0 Å². The molecule has 92 valence electrons. The molecule has 0 amide bonds. The zero-order valence-electron chi connectivity index (χ0n) is 11.1. The van der Waals surface area contributed by atoms with E-state index < -0.39 is 0 Å². The summed E-state index contributed by atoms with van der Waals surface area (Å²) in [4.78, 5) is 0.963. The van der Waals surface area contributed by atoms with Gasteiger partial charge in [0.2, 0.25) is 0 Å². The number of aryl methyl sites for hydroxylation is 1. The average molecular weight is 254 g/mol. The summed E-state index contributed by atoms with van der Waals surface area (Å²) < 4.78 is 0. The Kier molecular flexibility index (Phi) is 5.07. The minimum Gasteiger partial charge on any atom is -0.143 e. The van der Waals surface area contributed by atoms with Crippen LogP contribution < -0.4 is 0 Å². The summed E-state index contributed by atoms with van der Waals surface area (Å²) in [6, 6.07) is 6.05. The van der Waals surface area contributed by atoms with E-state index in [9.17, 15) is 0 Å². The second-order valence-electron chi connectivity index (χ2n) is 4.16. The first-order valence-electron chi connectivity index (χ1n) is 5.80. The summed E-state index contributed by atoms with van der Waals surface area (Å²) in [6.45, 7) is 10.1. The van der Waals surface area contributed by atoms with E-state index in [2.05, 4.69) is 44.2 Å². The highest BCUT2D eigenvalue weighted by Gasteiger charge is 2.04. The van der Waals surface area contributed by atoms with Crippen LogP contribution in [-0.4, -0.2) is 0 Å². The predicted molar refractivity (Wildman–Crippen MR) is 83.8 cm³/mol. The summed E-state index contributed by atoms with van der Waals surface area (Å²) in [7, 11) is 0. The van der Waals surface area contributed by atoms with Gasteiger partial charge in [-0.25, -0.2) is 0 Å². The smallest absolute Gasteiger partial charge is 0.0269 e. The Morgan fingerprint density at radius 2 is 2.11 bits per heavy atom. The maximum Gasteiger partial charge on any atom is 0.0269 e. The molecule has 0 unspecified atom stereocenters. The fourth-order valence-electron chi connectivity index (χ4n) is 1.71. The second-order valence-corrected chi connectivity index (χ2v) is 4.64. The molecule has 0 aliphatic heterocycles. The molecule has 0 saturated carbocycles. The Morgan fingerprint density at radius 1 is 1.44 bits per heavy atom. The van der Waals surface area contributed by atoms with Crippen molar-refractivity contribution in [2.45, 2.75) is 25.7 Å². The van der Waals surface area contributed by atoms with Crippen LogP contribution in [0.3, 0.4) is 0 Å². The maximum atomic E-state index is 5.45. The molecule has 0 aliphatic carbocycles. The number of terminal acetylenes is 1. The van der Waals surface area contributed by atoms with Crippen molar-refractivity contribution < 1.29 is 0 Å². The Balaban J connectivity index is 3.19. The Hall–Kier alpha value is -1.65. The third-order valence-corrected chi connectivity index (χ3v) is 3.30. The molecule has 1 rings (SSSR count). The number of hydrogen-bond acceptors (Lipinski definition) is 1. The van der Waals surface area contributed by atoms with Crippen molar-refractivity contribution in [2.75, 3.05) is 0 Å². The van der Waals surface area contributed by atoms with E-state index in [0.29, 0.717) is 0 Å². The van der Waals surface area contributed by atoms with Gasteiger partial charge in [-0.3, -0.25) is 0 Å². The van der Waals surface area contributed by atoms with Gasteiger partial charge in [-0.05, 0) is 49.1 Å². The van der Waals surface area contributed by atoms with Gasteiger partial charge < -0.3 is 0 Å². The van der Waals surface area contributed by atoms with Crippen LogP contribution in [0.5, 0.6) is 0 Å². The molecule has 0 saturated heterocycles.